The second-order valence-corrected chi connectivity index (χ2v) is 4.79. The summed E-state index contributed by atoms with van der Waals surface area (Å²) in [6.45, 7) is 5.00. The lowest BCUT2D eigenvalue weighted by atomic mass is 10.1. The number of nitrogens with one attached hydrogen (secondary N) is 2. The number of amides is 2. The molecule has 1 rings (SSSR count). The van der Waals surface area contributed by atoms with Gasteiger partial charge in [0.2, 0.25) is 5.91 Å². The van der Waals surface area contributed by atoms with E-state index in [2.05, 4.69) is 10.6 Å². The molecule has 0 aromatic heterocycles. The zero-order valence-electron chi connectivity index (χ0n) is 11.4. The standard InChI is InChI=1S/C14H21N3O2/c1-10(2)8-16-13(18)9-17-14(19)12-5-3-4-11(6-12)7-15/h3-6,10H,7-9,15H2,1-2H3,(H,16,18)(H,17,19). The molecule has 0 radical (unpaired) electrons. The predicted molar refractivity (Wildman–Crippen MR) is 74.5 cm³/mol. The van der Waals surface area contributed by atoms with Gasteiger partial charge in [-0.05, 0) is 23.6 Å². The number of benzene rings is 1. The smallest absolute Gasteiger partial charge is 0.251 e. The Morgan fingerprint density at radius 2 is 2.00 bits per heavy atom. The van der Waals surface area contributed by atoms with E-state index in [9.17, 15) is 9.59 Å². The van der Waals surface area contributed by atoms with Crippen LogP contribution in [0.1, 0.15) is 29.8 Å². The van der Waals surface area contributed by atoms with Crippen molar-refractivity contribution in [3.05, 3.63) is 35.4 Å². The number of nitrogens with two attached hydrogens (primary N) is 1. The van der Waals surface area contributed by atoms with Gasteiger partial charge in [-0.3, -0.25) is 9.59 Å². The average Bonchev–Trinajstić information content (AvgIpc) is 2.42. The predicted octanol–water partition coefficient (Wildman–Crippen LogP) is 0.647. The molecule has 0 aliphatic carbocycles. The first-order valence-corrected chi connectivity index (χ1v) is 6.37. The number of carbonyl (C=O) groups is 2. The topological polar surface area (TPSA) is 84.2 Å². The van der Waals surface area contributed by atoms with Gasteiger partial charge in [0.15, 0.2) is 0 Å². The molecule has 1 aromatic rings. The van der Waals surface area contributed by atoms with Crippen molar-refractivity contribution < 1.29 is 9.59 Å². The van der Waals surface area contributed by atoms with E-state index in [1.165, 1.54) is 0 Å². The lowest BCUT2D eigenvalue weighted by Gasteiger charge is -2.09. The molecule has 4 N–H and O–H groups in total. The number of hydrogen-bond donors (Lipinski definition) is 3. The van der Waals surface area contributed by atoms with Gasteiger partial charge in [0.05, 0.1) is 6.54 Å². The summed E-state index contributed by atoms with van der Waals surface area (Å²) in [6.07, 6.45) is 0. The molecular formula is C14H21N3O2. The summed E-state index contributed by atoms with van der Waals surface area (Å²) in [7, 11) is 0. The van der Waals surface area contributed by atoms with E-state index in [4.69, 9.17) is 5.73 Å². The Morgan fingerprint density at radius 3 is 2.63 bits per heavy atom. The van der Waals surface area contributed by atoms with Crippen molar-refractivity contribution in [2.24, 2.45) is 11.7 Å². The highest BCUT2D eigenvalue weighted by Gasteiger charge is 2.08. The minimum absolute atomic E-state index is 0.0155. The lowest BCUT2D eigenvalue weighted by molar-refractivity contribution is -0.120. The summed E-state index contributed by atoms with van der Waals surface area (Å²) in [5, 5.41) is 5.32. The fourth-order valence-electron chi connectivity index (χ4n) is 1.48. The van der Waals surface area contributed by atoms with Crippen molar-refractivity contribution >= 4 is 11.8 Å². The van der Waals surface area contributed by atoms with Crippen LogP contribution in [0.15, 0.2) is 24.3 Å². The Hall–Kier alpha value is -1.88. The zero-order valence-corrected chi connectivity index (χ0v) is 11.4. The second-order valence-electron chi connectivity index (χ2n) is 4.79. The van der Waals surface area contributed by atoms with Crippen LogP contribution in [0.4, 0.5) is 0 Å². The van der Waals surface area contributed by atoms with Crippen LogP contribution in [0, 0.1) is 5.92 Å². The minimum atomic E-state index is -0.269. The van der Waals surface area contributed by atoms with E-state index in [1.807, 2.05) is 19.9 Å². The van der Waals surface area contributed by atoms with Crippen molar-refractivity contribution in [2.75, 3.05) is 13.1 Å². The molecule has 0 unspecified atom stereocenters. The summed E-state index contributed by atoms with van der Waals surface area (Å²) < 4.78 is 0. The van der Waals surface area contributed by atoms with Crippen molar-refractivity contribution in [1.29, 1.82) is 0 Å². The van der Waals surface area contributed by atoms with E-state index in [-0.39, 0.29) is 18.4 Å². The highest BCUT2D eigenvalue weighted by atomic mass is 16.2. The van der Waals surface area contributed by atoms with E-state index >= 15 is 0 Å². The molecule has 0 saturated carbocycles. The number of carbonyl (C=O) groups excluding carboxylic acids is 2. The zero-order chi connectivity index (χ0) is 14.3. The van der Waals surface area contributed by atoms with Gasteiger partial charge in [-0.15, -0.1) is 0 Å². The SMILES string of the molecule is CC(C)CNC(=O)CNC(=O)c1cccc(CN)c1. The minimum Gasteiger partial charge on any atom is -0.354 e. The first kappa shape index (κ1) is 15.2. The van der Waals surface area contributed by atoms with E-state index in [0.29, 0.717) is 24.6 Å². The average molecular weight is 263 g/mol. The molecule has 0 saturated heterocycles. The Labute approximate surface area is 113 Å². The molecule has 0 aliphatic rings. The quantitative estimate of drug-likeness (QED) is 0.704. The van der Waals surface area contributed by atoms with Crippen LogP contribution in [0.2, 0.25) is 0 Å². The van der Waals surface area contributed by atoms with Gasteiger partial charge in [-0.2, -0.15) is 0 Å². The van der Waals surface area contributed by atoms with Gasteiger partial charge >= 0.3 is 0 Å². The molecule has 0 bridgehead atoms. The normalized spacial score (nSPS) is 10.3. The van der Waals surface area contributed by atoms with Gasteiger partial charge in [-0.25, -0.2) is 0 Å². The third-order valence-corrected chi connectivity index (χ3v) is 2.54. The van der Waals surface area contributed by atoms with E-state index in [1.54, 1.807) is 18.2 Å². The van der Waals surface area contributed by atoms with Crippen molar-refractivity contribution in [3.8, 4) is 0 Å². The van der Waals surface area contributed by atoms with Crippen molar-refractivity contribution in [3.63, 3.8) is 0 Å². The monoisotopic (exact) mass is 263 g/mol. The second kappa shape index (κ2) is 7.53. The summed E-state index contributed by atoms with van der Waals surface area (Å²) >= 11 is 0. The fourth-order valence-corrected chi connectivity index (χ4v) is 1.48. The Balaban J connectivity index is 2.44. The third-order valence-electron chi connectivity index (χ3n) is 2.54. The molecular weight excluding hydrogens is 242 g/mol. The van der Waals surface area contributed by atoms with E-state index in [0.717, 1.165) is 5.56 Å². The maximum Gasteiger partial charge on any atom is 0.251 e. The highest BCUT2D eigenvalue weighted by molar-refractivity contribution is 5.96. The molecule has 0 spiro atoms. The molecule has 19 heavy (non-hydrogen) atoms. The van der Waals surface area contributed by atoms with Crippen LogP contribution in [-0.4, -0.2) is 24.9 Å². The molecule has 1 aromatic carbocycles. The van der Waals surface area contributed by atoms with Crippen molar-refractivity contribution in [2.45, 2.75) is 20.4 Å². The van der Waals surface area contributed by atoms with Crippen LogP contribution >= 0.6 is 0 Å². The largest absolute Gasteiger partial charge is 0.354 e. The summed E-state index contributed by atoms with van der Waals surface area (Å²) in [6, 6.07) is 7.05. The molecule has 5 nitrogen and oxygen atoms in total. The molecule has 104 valence electrons. The maximum absolute atomic E-state index is 11.8. The maximum atomic E-state index is 11.8. The molecule has 0 heterocycles. The van der Waals surface area contributed by atoms with Gasteiger partial charge in [0.1, 0.15) is 0 Å². The first-order valence-electron chi connectivity index (χ1n) is 6.37. The molecule has 0 atom stereocenters. The Bertz CT molecular complexity index is 444. The Kier molecular flexibility index (Phi) is 6.02. The van der Waals surface area contributed by atoms with Crippen LogP contribution in [0.25, 0.3) is 0 Å². The number of hydrogen-bond acceptors (Lipinski definition) is 3. The fraction of sp³-hybridized carbons (Fsp3) is 0.429. The van der Waals surface area contributed by atoms with Crippen molar-refractivity contribution in [1.82, 2.24) is 10.6 Å². The molecule has 0 aliphatic heterocycles. The van der Waals surface area contributed by atoms with Crippen LogP contribution in [0.3, 0.4) is 0 Å². The van der Waals surface area contributed by atoms with Gasteiger partial charge in [0, 0.05) is 18.7 Å². The molecule has 2 amide bonds. The summed E-state index contributed by atoms with van der Waals surface area (Å²) in [5.41, 5.74) is 6.91. The van der Waals surface area contributed by atoms with Gasteiger partial charge < -0.3 is 16.4 Å². The Morgan fingerprint density at radius 1 is 1.26 bits per heavy atom. The van der Waals surface area contributed by atoms with Gasteiger partial charge in [0.25, 0.3) is 5.91 Å². The number of rotatable bonds is 6. The first-order chi connectivity index (χ1) is 9.02. The highest BCUT2D eigenvalue weighted by Crippen LogP contribution is 2.04. The van der Waals surface area contributed by atoms with Crippen LogP contribution in [-0.2, 0) is 11.3 Å². The van der Waals surface area contributed by atoms with Gasteiger partial charge in [-0.1, -0.05) is 26.0 Å². The van der Waals surface area contributed by atoms with Crippen LogP contribution < -0.4 is 16.4 Å². The molecule has 5 heteroatoms. The van der Waals surface area contributed by atoms with E-state index < -0.39 is 0 Å². The van der Waals surface area contributed by atoms with Crippen LogP contribution in [0.5, 0.6) is 0 Å². The molecule has 0 fully saturated rings. The summed E-state index contributed by atoms with van der Waals surface area (Å²) in [4.78, 5) is 23.3. The summed E-state index contributed by atoms with van der Waals surface area (Å²) in [5.74, 6) is -0.0621. The third kappa shape index (κ3) is 5.52. The lowest BCUT2D eigenvalue weighted by Crippen LogP contribution is -2.38.